The van der Waals surface area contributed by atoms with Gasteiger partial charge in [-0.15, -0.1) is 0 Å². The number of carbonyl (C=O) groups excluding carboxylic acids is 1. The SMILES string of the molecule is C=C1C[C@]23CC[C@H]1C[C@H]2[C@@]12CCC[C@@]4(C)[C@@H]5OCCN5C1O[C@@H]3[C@@H](OC(C)=O)[C@H]42. The molecule has 5 aliphatic carbocycles. The molecule has 9 rings (SSSR count). The fraction of sp³-hybridized carbons (Fsp3) is 0.875. The molecule has 7 bridgehead atoms. The Morgan fingerprint density at radius 1 is 1.28 bits per heavy atom. The van der Waals surface area contributed by atoms with E-state index in [0.717, 1.165) is 26.0 Å². The van der Waals surface area contributed by atoms with Gasteiger partial charge in [-0.25, -0.2) is 4.90 Å². The van der Waals surface area contributed by atoms with Gasteiger partial charge in [0.2, 0.25) is 0 Å². The molecule has 4 aliphatic heterocycles. The summed E-state index contributed by atoms with van der Waals surface area (Å²) in [6.07, 6.45) is 8.49. The molecule has 1 unspecified atom stereocenters. The van der Waals surface area contributed by atoms with Crippen LogP contribution in [0.3, 0.4) is 0 Å². The summed E-state index contributed by atoms with van der Waals surface area (Å²) >= 11 is 0. The molecule has 5 saturated carbocycles. The van der Waals surface area contributed by atoms with Crippen molar-refractivity contribution in [2.75, 3.05) is 13.2 Å². The second-order valence-electron chi connectivity index (χ2n) is 11.5. The van der Waals surface area contributed by atoms with Crippen molar-refractivity contribution < 1.29 is 19.0 Å². The molecule has 9 aliphatic rings. The third-order valence-corrected chi connectivity index (χ3v) is 10.6. The van der Waals surface area contributed by atoms with Crippen molar-refractivity contribution in [1.82, 2.24) is 4.90 Å². The third kappa shape index (κ3) is 1.77. The van der Waals surface area contributed by atoms with Crippen LogP contribution < -0.4 is 0 Å². The van der Waals surface area contributed by atoms with Gasteiger partial charge in [0.1, 0.15) is 24.7 Å². The van der Waals surface area contributed by atoms with E-state index in [0.29, 0.717) is 17.8 Å². The summed E-state index contributed by atoms with van der Waals surface area (Å²) in [5, 5.41) is 0. The monoisotopic (exact) mass is 399 g/mol. The maximum Gasteiger partial charge on any atom is 0.303 e. The summed E-state index contributed by atoms with van der Waals surface area (Å²) in [5.74, 6) is 1.54. The number of esters is 1. The lowest BCUT2D eigenvalue weighted by Gasteiger charge is -2.80. The highest BCUT2D eigenvalue weighted by Gasteiger charge is 2.82. The van der Waals surface area contributed by atoms with E-state index in [-0.39, 0.29) is 46.9 Å². The first-order valence-electron chi connectivity index (χ1n) is 11.8. The summed E-state index contributed by atoms with van der Waals surface area (Å²) in [7, 11) is 0. The summed E-state index contributed by atoms with van der Waals surface area (Å²) in [6, 6.07) is 0. The molecule has 9 fully saturated rings. The molecular formula is C24H33NO4. The minimum atomic E-state index is -0.160. The largest absolute Gasteiger partial charge is 0.459 e. The number of hydrogen-bond acceptors (Lipinski definition) is 5. The minimum Gasteiger partial charge on any atom is -0.459 e. The quantitative estimate of drug-likeness (QED) is 0.499. The Hall–Kier alpha value is -0.910. The van der Waals surface area contributed by atoms with E-state index in [1.54, 1.807) is 6.92 Å². The van der Waals surface area contributed by atoms with Crippen molar-refractivity contribution in [3.05, 3.63) is 12.2 Å². The molecule has 10 atom stereocenters. The Kier molecular flexibility index (Phi) is 3.23. The summed E-state index contributed by atoms with van der Waals surface area (Å²) in [5.41, 5.74) is 1.66. The molecular weight excluding hydrogens is 366 g/mol. The van der Waals surface area contributed by atoms with Gasteiger partial charge in [-0.2, -0.15) is 0 Å². The van der Waals surface area contributed by atoms with Crippen LogP contribution in [0.1, 0.15) is 58.8 Å². The number of piperidine rings is 1. The first-order valence-corrected chi connectivity index (χ1v) is 11.8. The number of rotatable bonds is 1. The van der Waals surface area contributed by atoms with E-state index in [2.05, 4.69) is 18.4 Å². The first-order chi connectivity index (χ1) is 13.9. The highest BCUT2D eigenvalue weighted by Crippen LogP contribution is 2.79. The fourth-order valence-corrected chi connectivity index (χ4v) is 10.1. The van der Waals surface area contributed by atoms with Crippen LogP contribution in [0.15, 0.2) is 12.2 Å². The Morgan fingerprint density at radius 2 is 2.14 bits per heavy atom. The van der Waals surface area contributed by atoms with Gasteiger partial charge < -0.3 is 14.2 Å². The van der Waals surface area contributed by atoms with Gasteiger partial charge in [0.15, 0.2) is 0 Å². The van der Waals surface area contributed by atoms with Crippen molar-refractivity contribution in [2.45, 2.75) is 83.5 Å². The third-order valence-electron chi connectivity index (χ3n) is 10.6. The van der Waals surface area contributed by atoms with Gasteiger partial charge in [-0.05, 0) is 50.4 Å². The average molecular weight is 400 g/mol. The zero-order chi connectivity index (χ0) is 19.8. The van der Waals surface area contributed by atoms with Gasteiger partial charge in [-0.3, -0.25) is 4.79 Å². The van der Waals surface area contributed by atoms with Crippen molar-refractivity contribution in [3.8, 4) is 0 Å². The normalized spacial score (nSPS) is 59.4. The highest BCUT2D eigenvalue weighted by molar-refractivity contribution is 5.66. The molecule has 5 heteroatoms. The molecule has 0 aromatic heterocycles. The van der Waals surface area contributed by atoms with Crippen LogP contribution in [-0.4, -0.2) is 48.7 Å². The molecule has 2 spiro atoms. The van der Waals surface area contributed by atoms with Crippen LogP contribution in [0, 0.1) is 34.0 Å². The Morgan fingerprint density at radius 3 is 2.93 bits per heavy atom. The van der Waals surface area contributed by atoms with Crippen molar-refractivity contribution >= 4 is 5.97 Å². The van der Waals surface area contributed by atoms with Crippen LogP contribution in [0.4, 0.5) is 0 Å². The van der Waals surface area contributed by atoms with Gasteiger partial charge >= 0.3 is 5.97 Å². The smallest absolute Gasteiger partial charge is 0.303 e. The zero-order valence-corrected chi connectivity index (χ0v) is 17.7. The molecule has 4 heterocycles. The van der Waals surface area contributed by atoms with E-state index < -0.39 is 0 Å². The number of nitrogens with zero attached hydrogens (tertiary/aromatic N) is 1. The lowest BCUT2D eigenvalue weighted by Crippen LogP contribution is -2.85. The molecule has 158 valence electrons. The second-order valence-corrected chi connectivity index (χ2v) is 11.5. The number of carbonyl (C=O) groups is 1. The number of ether oxygens (including phenoxy) is 3. The Bertz CT molecular complexity index is 813. The van der Waals surface area contributed by atoms with E-state index in [4.69, 9.17) is 14.2 Å². The maximum atomic E-state index is 12.3. The van der Waals surface area contributed by atoms with Crippen LogP contribution >= 0.6 is 0 Å². The van der Waals surface area contributed by atoms with Gasteiger partial charge in [0.05, 0.1) is 6.61 Å². The lowest BCUT2D eigenvalue weighted by molar-refractivity contribution is -0.438. The van der Waals surface area contributed by atoms with Crippen LogP contribution in [0.25, 0.3) is 0 Å². The van der Waals surface area contributed by atoms with Gasteiger partial charge in [0, 0.05) is 35.6 Å². The molecule has 0 aromatic carbocycles. The molecule has 4 saturated heterocycles. The van der Waals surface area contributed by atoms with Crippen molar-refractivity contribution in [3.63, 3.8) is 0 Å². The van der Waals surface area contributed by atoms with Crippen LogP contribution in [-0.2, 0) is 19.0 Å². The van der Waals surface area contributed by atoms with E-state index in [9.17, 15) is 4.79 Å². The molecule has 0 radical (unpaired) electrons. The summed E-state index contributed by atoms with van der Waals surface area (Å²) in [4.78, 5) is 14.9. The van der Waals surface area contributed by atoms with E-state index in [1.165, 1.54) is 37.7 Å². The van der Waals surface area contributed by atoms with Crippen LogP contribution in [0.5, 0.6) is 0 Å². The Balaban J connectivity index is 1.47. The Labute approximate surface area is 173 Å². The summed E-state index contributed by atoms with van der Waals surface area (Å²) in [6.45, 7) is 10.2. The number of fused-ring (bicyclic) bond motifs is 4. The van der Waals surface area contributed by atoms with Crippen molar-refractivity contribution in [1.29, 1.82) is 0 Å². The summed E-state index contributed by atoms with van der Waals surface area (Å²) < 4.78 is 19.6. The molecule has 5 nitrogen and oxygen atoms in total. The highest BCUT2D eigenvalue weighted by atomic mass is 16.6. The molecule has 0 amide bonds. The van der Waals surface area contributed by atoms with E-state index in [1.807, 2.05) is 0 Å². The first kappa shape index (κ1) is 17.7. The van der Waals surface area contributed by atoms with E-state index >= 15 is 0 Å². The predicted molar refractivity (Wildman–Crippen MR) is 106 cm³/mol. The number of hydrogen-bond donors (Lipinski definition) is 0. The van der Waals surface area contributed by atoms with Crippen molar-refractivity contribution in [2.24, 2.45) is 34.0 Å². The van der Waals surface area contributed by atoms with Gasteiger partial charge in [-0.1, -0.05) is 25.5 Å². The second kappa shape index (κ2) is 5.28. The molecule has 0 aromatic rings. The topological polar surface area (TPSA) is 48.0 Å². The van der Waals surface area contributed by atoms with Crippen LogP contribution in [0.2, 0.25) is 0 Å². The maximum absolute atomic E-state index is 12.3. The lowest BCUT2D eigenvalue weighted by atomic mass is 9.32. The molecule has 29 heavy (non-hydrogen) atoms. The zero-order valence-electron chi connectivity index (χ0n) is 17.7. The van der Waals surface area contributed by atoms with Gasteiger partial charge in [0.25, 0.3) is 0 Å². The molecule has 0 N–H and O–H groups in total. The fourth-order valence-electron chi connectivity index (χ4n) is 10.1. The predicted octanol–water partition coefficient (Wildman–Crippen LogP) is 3.48. The minimum absolute atomic E-state index is 0.00486. The standard InChI is InChI=1S/C24H33NO4/c1-13-12-23-8-5-15(13)11-16(23)24-7-4-6-22(3)18(24)17(28-14(2)26)19(23)29-21(24)25-9-10-27-20(22)25/h15-21H,1,4-12H2,2-3H3/t15-,16+,17-,18+,19+,20-,21?,22+,23+,24+/m0/s1. The average Bonchev–Trinajstić information content (AvgIpc) is 3.17. The number of allylic oxidation sites excluding steroid dienone is 1.